The van der Waals surface area contributed by atoms with Gasteiger partial charge in [0.2, 0.25) is 12.7 Å². The lowest BCUT2D eigenvalue weighted by Gasteiger charge is -2.10. The molecule has 0 aromatic heterocycles. The summed E-state index contributed by atoms with van der Waals surface area (Å²) in [6.45, 7) is 4.99. The van der Waals surface area contributed by atoms with Crippen LogP contribution in [0.2, 0.25) is 0 Å². The number of amides is 1. The van der Waals surface area contributed by atoms with Crippen molar-refractivity contribution in [1.82, 2.24) is 5.32 Å². The first kappa shape index (κ1) is 19.1. The molecule has 1 aliphatic heterocycles. The molecule has 0 atom stereocenters. The molecule has 2 aromatic carbocycles. The van der Waals surface area contributed by atoms with E-state index >= 15 is 0 Å². The number of rotatable bonds is 9. The van der Waals surface area contributed by atoms with Crippen LogP contribution in [0.25, 0.3) is 0 Å². The summed E-state index contributed by atoms with van der Waals surface area (Å²) < 4.78 is 16.3. The molecule has 5 heteroatoms. The van der Waals surface area contributed by atoms with Crippen molar-refractivity contribution in [2.24, 2.45) is 0 Å². The highest BCUT2D eigenvalue weighted by Crippen LogP contribution is 2.32. The van der Waals surface area contributed by atoms with E-state index in [0.717, 1.165) is 35.7 Å². The Balaban J connectivity index is 1.32. The molecule has 0 fully saturated rings. The van der Waals surface area contributed by atoms with E-state index in [4.69, 9.17) is 14.2 Å². The molecule has 2 aromatic rings. The monoisotopic (exact) mass is 369 g/mol. The Bertz CT molecular complexity index is 755. The van der Waals surface area contributed by atoms with Crippen LogP contribution in [-0.2, 0) is 17.6 Å². The van der Waals surface area contributed by atoms with Crippen molar-refractivity contribution in [3.8, 4) is 17.2 Å². The molecule has 1 amide bonds. The maximum Gasteiger partial charge on any atom is 0.231 e. The number of carbonyl (C=O) groups excluding carboxylic acids is 1. The maximum atomic E-state index is 12.0. The van der Waals surface area contributed by atoms with Crippen molar-refractivity contribution in [2.45, 2.75) is 45.6 Å². The molecular formula is C22H27NO4. The van der Waals surface area contributed by atoms with E-state index < -0.39 is 0 Å². The SMILES string of the molecule is CC(C)Oc1ccc(CCCNC(=O)CCc2ccc3c(c2)OCO3)cc1. The predicted molar refractivity (Wildman–Crippen MR) is 104 cm³/mol. The van der Waals surface area contributed by atoms with E-state index in [9.17, 15) is 4.79 Å². The molecule has 0 radical (unpaired) electrons. The van der Waals surface area contributed by atoms with E-state index in [2.05, 4.69) is 17.4 Å². The molecule has 0 unspecified atom stereocenters. The Morgan fingerprint density at radius 1 is 1.04 bits per heavy atom. The van der Waals surface area contributed by atoms with Crippen LogP contribution in [0.4, 0.5) is 0 Å². The lowest BCUT2D eigenvalue weighted by atomic mass is 10.1. The summed E-state index contributed by atoms with van der Waals surface area (Å²) in [6, 6.07) is 14.0. The highest BCUT2D eigenvalue weighted by Gasteiger charge is 2.13. The minimum atomic E-state index is 0.0772. The molecule has 0 bridgehead atoms. The van der Waals surface area contributed by atoms with Gasteiger partial charge in [0.15, 0.2) is 11.5 Å². The summed E-state index contributed by atoms with van der Waals surface area (Å²) in [5.74, 6) is 2.50. The number of ether oxygens (including phenoxy) is 3. The smallest absolute Gasteiger partial charge is 0.231 e. The number of hydrogen-bond acceptors (Lipinski definition) is 4. The molecular weight excluding hydrogens is 342 g/mol. The first-order valence-electron chi connectivity index (χ1n) is 9.51. The lowest BCUT2D eigenvalue weighted by molar-refractivity contribution is -0.121. The van der Waals surface area contributed by atoms with E-state index in [1.54, 1.807) is 0 Å². The van der Waals surface area contributed by atoms with Crippen LogP contribution in [0, 0.1) is 0 Å². The third kappa shape index (κ3) is 5.91. The first-order chi connectivity index (χ1) is 13.1. The maximum absolute atomic E-state index is 12.0. The van der Waals surface area contributed by atoms with Gasteiger partial charge < -0.3 is 19.5 Å². The number of carbonyl (C=O) groups is 1. The highest BCUT2D eigenvalue weighted by atomic mass is 16.7. The van der Waals surface area contributed by atoms with Crippen LogP contribution in [-0.4, -0.2) is 25.3 Å². The number of hydrogen-bond donors (Lipinski definition) is 1. The Kier molecular flexibility index (Phi) is 6.58. The second-order valence-electron chi connectivity index (χ2n) is 6.95. The van der Waals surface area contributed by atoms with E-state index in [0.29, 0.717) is 19.4 Å². The second kappa shape index (κ2) is 9.31. The van der Waals surface area contributed by atoms with Gasteiger partial charge in [0.25, 0.3) is 0 Å². The molecule has 3 rings (SSSR count). The summed E-state index contributed by atoms with van der Waals surface area (Å²) in [4.78, 5) is 12.0. The Morgan fingerprint density at radius 3 is 2.56 bits per heavy atom. The molecule has 5 nitrogen and oxygen atoms in total. The van der Waals surface area contributed by atoms with Gasteiger partial charge in [0, 0.05) is 13.0 Å². The summed E-state index contributed by atoms with van der Waals surface area (Å²) in [5.41, 5.74) is 2.33. The van der Waals surface area contributed by atoms with Crippen molar-refractivity contribution in [1.29, 1.82) is 0 Å². The van der Waals surface area contributed by atoms with Crippen LogP contribution < -0.4 is 19.5 Å². The van der Waals surface area contributed by atoms with E-state index in [1.165, 1.54) is 5.56 Å². The van der Waals surface area contributed by atoms with Gasteiger partial charge in [-0.15, -0.1) is 0 Å². The fraction of sp³-hybridized carbons (Fsp3) is 0.409. The fourth-order valence-electron chi connectivity index (χ4n) is 2.97. The topological polar surface area (TPSA) is 56.8 Å². The zero-order valence-corrected chi connectivity index (χ0v) is 16.0. The summed E-state index contributed by atoms with van der Waals surface area (Å²) in [5, 5.41) is 2.99. The lowest BCUT2D eigenvalue weighted by Crippen LogP contribution is -2.24. The molecule has 0 spiro atoms. The molecule has 27 heavy (non-hydrogen) atoms. The minimum absolute atomic E-state index is 0.0772. The standard InChI is InChI=1S/C22H27NO4/c1-16(2)27-19-9-5-17(6-10-19)4-3-13-23-22(24)12-8-18-7-11-20-21(14-18)26-15-25-20/h5-7,9-11,14,16H,3-4,8,12-13,15H2,1-2H3,(H,23,24). The van der Waals surface area contributed by atoms with Crippen molar-refractivity contribution in [3.05, 3.63) is 53.6 Å². The molecule has 0 aliphatic carbocycles. The zero-order chi connectivity index (χ0) is 19.1. The molecule has 1 heterocycles. The van der Waals surface area contributed by atoms with Crippen LogP contribution >= 0.6 is 0 Å². The molecule has 0 saturated heterocycles. The fourth-order valence-corrected chi connectivity index (χ4v) is 2.97. The quantitative estimate of drug-likeness (QED) is 0.682. The van der Waals surface area contributed by atoms with Crippen molar-refractivity contribution >= 4 is 5.91 Å². The van der Waals surface area contributed by atoms with Crippen LogP contribution in [0.1, 0.15) is 37.8 Å². The van der Waals surface area contributed by atoms with Crippen LogP contribution in [0.5, 0.6) is 17.2 Å². The third-order valence-electron chi connectivity index (χ3n) is 4.34. The Morgan fingerprint density at radius 2 is 1.78 bits per heavy atom. The summed E-state index contributed by atoms with van der Waals surface area (Å²) in [7, 11) is 0. The van der Waals surface area contributed by atoms with Gasteiger partial charge in [-0.3, -0.25) is 4.79 Å². The number of benzene rings is 2. The average Bonchev–Trinajstić information content (AvgIpc) is 3.12. The Hall–Kier alpha value is -2.69. The van der Waals surface area contributed by atoms with Crippen molar-refractivity contribution in [2.75, 3.05) is 13.3 Å². The van der Waals surface area contributed by atoms with Crippen LogP contribution in [0.3, 0.4) is 0 Å². The largest absolute Gasteiger partial charge is 0.491 e. The summed E-state index contributed by atoms with van der Waals surface area (Å²) in [6.07, 6.45) is 3.20. The number of nitrogens with one attached hydrogen (secondary N) is 1. The highest BCUT2D eigenvalue weighted by molar-refractivity contribution is 5.76. The van der Waals surface area contributed by atoms with Gasteiger partial charge in [0.1, 0.15) is 5.75 Å². The van der Waals surface area contributed by atoms with Gasteiger partial charge in [-0.2, -0.15) is 0 Å². The average molecular weight is 369 g/mol. The van der Waals surface area contributed by atoms with Gasteiger partial charge >= 0.3 is 0 Å². The number of fused-ring (bicyclic) bond motifs is 1. The summed E-state index contributed by atoms with van der Waals surface area (Å²) >= 11 is 0. The molecule has 0 saturated carbocycles. The third-order valence-corrected chi connectivity index (χ3v) is 4.34. The molecule has 1 N–H and O–H groups in total. The van der Waals surface area contributed by atoms with E-state index in [-0.39, 0.29) is 18.8 Å². The van der Waals surface area contributed by atoms with Crippen LogP contribution in [0.15, 0.2) is 42.5 Å². The van der Waals surface area contributed by atoms with E-state index in [1.807, 2.05) is 44.2 Å². The number of aryl methyl sites for hydroxylation is 2. The first-order valence-corrected chi connectivity index (χ1v) is 9.51. The minimum Gasteiger partial charge on any atom is -0.491 e. The van der Waals surface area contributed by atoms with Gasteiger partial charge in [-0.05, 0) is 68.5 Å². The van der Waals surface area contributed by atoms with Gasteiger partial charge in [0.05, 0.1) is 6.10 Å². The zero-order valence-electron chi connectivity index (χ0n) is 16.0. The van der Waals surface area contributed by atoms with Crippen molar-refractivity contribution < 1.29 is 19.0 Å². The normalized spacial score (nSPS) is 12.3. The Labute approximate surface area is 160 Å². The second-order valence-corrected chi connectivity index (χ2v) is 6.95. The molecule has 1 aliphatic rings. The molecule has 144 valence electrons. The van der Waals surface area contributed by atoms with Crippen molar-refractivity contribution in [3.63, 3.8) is 0 Å². The predicted octanol–water partition coefficient (Wildman–Crippen LogP) is 3.88. The van der Waals surface area contributed by atoms with Gasteiger partial charge in [-0.25, -0.2) is 0 Å². The van der Waals surface area contributed by atoms with Gasteiger partial charge in [-0.1, -0.05) is 18.2 Å².